The fourth-order valence-electron chi connectivity index (χ4n) is 8.45. The molecule has 3 aromatic heterocycles. The third-order valence-electron chi connectivity index (χ3n) is 10.6. The Balaban J connectivity index is 1.25. The summed E-state index contributed by atoms with van der Waals surface area (Å²) in [7, 11) is 0. The first-order valence-corrected chi connectivity index (χ1v) is 17.5. The van der Waals surface area contributed by atoms with E-state index >= 15 is 0 Å². The molecule has 11 aromatic rings. The van der Waals surface area contributed by atoms with E-state index in [9.17, 15) is 0 Å². The molecule has 0 unspecified atom stereocenters. The Labute approximate surface area is 294 Å². The predicted octanol–water partition coefficient (Wildman–Crippen LogP) is 12.6. The molecule has 238 valence electrons. The molecule has 3 nitrogen and oxygen atoms in total. The lowest BCUT2D eigenvalue weighted by atomic mass is 10.0. The summed E-state index contributed by atoms with van der Waals surface area (Å²) in [6.45, 7) is 0. The summed E-state index contributed by atoms with van der Waals surface area (Å²) in [4.78, 5) is 0. The van der Waals surface area contributed by atoms with E-state index in [1.54, 1.807) is 0 Å². The second-order valence-corrected chi connectivity index (χ2v) is 13.4. The van der Waals surface area contributed by atoms with Crippen LogP contribution in [0.25, 0.3) is 93.6 Å². The zero-order chi connectivity index (χ0) is 33.5. The van der Waals surface area contributed by atoms with Gasteiger partial charge in [0, 0.05) is 49.4 Å². The zero-order valence-electron chi connectivity index (χ0n) is 27.7. The highest BCUT2D eigenvalue weighted by Gasteiger charge is 2.21. The molecule has 0 aliphatic heterocycles. The second kappa shape index (κ2) is 10.8. The van der Waals surface area contributed by atoms with Crippen LogP contribution in [-0.4, -0.2) is 13.7 Å². The van der Waals surface area contributed by atoms with E-state index in [4.69, 9.17) is 0 Å². The van der Waals surface area contributed by atoms with Crippen molar-refractivity contribution in [2.45, 2.75) is 0 Å². The van der Waals surface area contributed by atoms with E-state index in [0.29, 0.717) is 0 Å². The summed E-state index contributed by atoms with van der Waals surface area (Å²) in [6, 6.07) is 68.4. The maximum atomic E-state index is 2.46. The van der Waals surface area contributed by atoms with Crippen molar-refractivity contribution in [2.75, 3.05) is 0 Å². The molecule has 3 heteroatoms. The highest BCUT2D eigenvalue weighted by atomic mass is 15.0. The van der Waals surface area contributed by atoms with Crippen LogP contribution in [0.15, 0.2) is 188 Å². The fourth-order valence-corrected chi connectivity index (χ4v) is 8.45. The summed E-state index contributed by atoms with van der Waals surface area (Å²) in [5.41, 5.74) is 13.1. The number of para-hydroxylation sites is 5. The highest BCUT2D eigenvalue weighted by Crippen LogP contribution is 2.43. The monoisotopic (exact) mass is 649 g/mol. The molecule has 0 saturated heterocycles. The first kappa shape index (κ1) is 28.0. The number of rotatable bonds is 4. The van der Waals surface area contributed by atoms with Crippen LogP contribution < -0.4 is 0 Å². The van der Waals surface area contributed by atoms with Gasteiger partial charge in [-0.1, -0.05) is 115 Å². The molecular formula is C48H31N3. The average Bonchev–Trinajstić information content (AvgIpc) is 3.84. The van der Waals surface area contributed by atoms with E-state index in [0.717, 1.165) is 11.4 Å². The Hall–Kier alpha value is -6.84. The van der Waals surface area contributed by atoms with Gasteiger partial charge in [0.15, 0.2) is 0 Å². The molecule has 0 bridgehead atoms. The average molecular weight is 650 g/mol. The van der Waals surface area contributed by atoms with Gasteiger partial charge in [0.1, 0.15) is 0 Å². The molecule has 0 fully saturated rings. The minimum absolute atomic E-state index is 1.15. The topological polar surface area (TPSA) is 14.8 Å². The van der Waals surface area contributed by atoms with E-state index in [1.807, 2.05) is 0 Å². The fraction of sp³-hybridized carbons (Fsp3) is 0. The molecule has 0 saturated carbocycles. The first-order valence-electron chi connectivity index (χ1n) is 17.5. The third-order valence-corrected chi connectivity index (χ3v) is 10.6. The summed E-state index contributed by atoms with van der Waals surface area (Å²) in [5.74, 6) is 0. The van der Waals surface area contributed by atoms with Crippen molar-refractivity contribution in [2.24, 2.45) is 0 Å². The molecular weight excluding hydrogens is 619 g/mol. The predicted molar refractivity (Wildman–Crippen MR) is 215 cm³/mol. The number of hydrogen-bond donors (Lipinski definition) is 0. The molecule has 0 atom stereocenters. The van der Waals surface area contributed by atoms with Crippen molar-refractivity contribution in [1.29, 1.82) is 0 Å². The normalized spacial score (nSPS) is 11.9. The van der Waals surface area contributed by atoms with Crippen molar-refractivity contribution in [1.82, 2.24) is 13.7 Å². The van der Waals surface area contributed by atoms with Crippen molar-refractivity contribution < 1.29 is 0 Å². The van der Waals surface area contributed by atoms with Gasteiger partial charge < -0.3 is 13.7 Å². The van der Waals surface area contributed by atoms with Crippen LogP contribution in [0.2, 0.25) is 0 Å². The van der Waals surface area contributed by atoms with Gasteiger partial charge in [-0.3, -0.25) is 0 Å². The van der Waals surface area contributed by atoms with Crippen molar-refractivity contribution in [3.05, 3.63) is 188 Å². The van der Waals surface area contributed by atoms with Gasteiger partial charge in [-0.2, -0.15) is 0 Å². The molecule has 11 rings (SSSR count). The lowest BCUT2D eigenvalue weighted by molar-refractivity contribution is 1.17. The second-order valence-electron chi connectivity index (χ2n) is 13.4. The lowest BCUT2D eigenvalue weighted by Gasteiger charge is -2.10. The quantitative estimate of drug-likeness (QED) is 0.180. The Bertz CT molecular complexity index is 3110. The Morgan fingerprint density at radius 3 is 1.35 bits per heavy atom. The molecule has 51 heavy (non-hydrogen) atoms. The number of benzene rings is 8. The summed E-state index contributed by atoms with van der Waals surface area (Å²) < 4.78 is 7.28. The van der Waals surface area contributed by atoms with Crippen LogP contribution in [0.4, 0.5) is 0 Å². The van der Waals surface area contributed by atoms with Crippen LogP contribution in [0.3, 0.4) is 0 Å². The van der Waals surface area contributed by atoms with Crippen LogP contribution in [-0.2, 0) is 0 Å². The lowest BCUT2D eigenvalue weighted by Crippen LogP contribution is -1.95. The first-order chi connectivity index (χ1) is 25.3. The van der Waals surface area contributed by atoms with Crippen LogP contribution in [0.1, 0.15) is 0 Å². The summed E-state index contributed by atoms with van der Waals surface area (Å²) in [6.07, 6.45) is 0. The molecule has 0 amide bonds. The smallest absolute Gasteiger partial charge is 0.0641 e. The van der Waals surface area contributed by atoms with Gasteiger partial charge in [-0.15, -0.1) is 0 Å². The van der Waals surface area contributed by atoms with Gasteiger partial charge in [0.25, 0.3) is 0 Å². The van der Waals surface area contributed by atoms with Crippen LogP contribution in [0, 0.1) is 0 Å². The van der Waals surface area contributed by atoms with E-state index < -0.39 is 0 Å². The minimum atomic E-state index is 1.15. The van der Waals surface area contributed by atoms with E-state index in [1.165, 1.54) is 82.2 Å². The van der Waals surface area contributed by atoms with E-state index in [2.05, 4.69) is 202 Å². The van der Waals surface area contributed by atoms with Gasteiger partial charge in [-0.25, -0.2) is 0 Å². The SMILES string of the molecule is c1ccc(-n2c3ccccc3c3ccc(-c4ccc5c(c4)c4c(ccc6c7ccccc7n(-c7ccccc7)c64)n5-c4ccccc4)cc32)cc1. The minimum Gasteiger partial charge on any atom is -0.309 e. The van der Waals surface area contributed by atoms with Crippen LogP contribution >= 0.6 is 0 Å². The molecule has 3 heterocycles. The zero-order valence-corrected chi connectivity index (χ0v) is 27.7. The molecule has 0 N–H and O–H groups in total. The number of nitrogens with zero attached hydrogens (tertiary/aromatic N) is 3. The molecule has 0 spiro atoms. The summed E-state index contributed by atoms with van der Waals surface area (Å²) >= 11 is 0. The highest BCUT2D eigenvalue weighted by molar-refractivity contribution is 6.26. The van der Waals surface area contributed by atoms with Crippen LogP contribution in [0.5, 0.6) is 0 Å². The van der Waals surface area contributed by atoms with Crippen molar-refractivity contribution >= 4 is 65.4 Å². The number of fused-ring (bicyclic) bond motifs is 10. The standard InChI is InChI=1S/C48H31N3/c1-4-14-34(15-5-1)49-44-28-25-32(33-24-26-39-37-20-10-12-22-42(37)50(46(39)31-33)35-16-6-2-7-17-35)30-41(44)47-45(49)29-27-40-38-21-11-13-23-43(38)51(48(40)47)36-18-8-3-9-19-36/h1-31H. The number of aromatic nitrogens is 3. The maximum Gasteiger partial charge on any atom is 0.0641 e. The summed E-state index contributed by atoms with van der Waals surface area (Å²) in [5, 5.41) is 7.53. The van der Waals surface area contributed by atoms with Crippen molar-refractivity contribution in [3.8, 4) is 28.2 Å². The Morgan fingerprint density at radius 1 is 0.255 bits per heavy atom. The largest absolute Gasteiger partial charge is 0.309 e. The van der Waals surface area contributed by atoms with E-state index in [-0.39, 0.29) is 0 Å². The molecule has 0 aliphatic rings. The number of hydrogen-bond acceptors (Lipinski definition) is 0. The molecule has 0 aliphatic carbocycles. The Morgan fingerprint density at radius 2 is 0.686 bits per heavy atom. The van der Waals surface area contributed by atoms with Gasteiger partial charge in [0.2, 0.25) is 0 Å². The maximum absolute atomic E-state index is 2.46. The van der Waals surface area contributed by atoms with Crippen molar-refractivity contribution in [3.63, 3.8) is 0 Å². The molecule has 0 radical (unpaired) electrons. The Kier molecular flexibility index (Phi) is 5.96. The van der Waals surface area contributed by atoms with Gasteiger partial charge in [0.05, 0.1) is 33.1 Å². The third kappa shape index (κ3) is 4.06. The van der Waals surface area contributed by atoms with Gasteiger partial charge in [-0.05, 0) is 83.9 Å². The van der Waals surface area contributed by atoms with Gasteiger partial charge >= 0.3 is 0 Å². The molecule has 8 aromatic carbocycles.